The summed E-state index contributed by atoms with van der Waals surface area (Å²) in [6.07, 6.45) is 1.08. The predicted octanol–water partition coefficient (Wildman–Crippen LogP) is 5.57. The summed E-state index contributed by atoms with van der Waals surface area (Å²) in [4.78, 5) is 0. The fourth-order valence-electron chi connectivity index (χ4n) is 2.64. The lowest BCUT2D eigenvalue weighted by molar-refractivity contribution is 0.00578. The molecule has 0 amide bonds. The molecule has 0 spiro atoms. The van der Waals surface area contributed by atoms with E-state index in [0.29, 0.717) is 11.1 Å². The first kappa shape index (κ1) is 18.7. The lowest BCUT2D eigenvalue weighted by atomic mass is 9.86. The van der Waals surface area contributed by atoms with Gasteiger partial charge in [-0.15, -0.1) is 0 Å². The second kappa shape index (κ2) is 6.60. The van der Waals surface area contributed by atoms with Crippen LogP contribution < -0.4 is 0 Å². The van der Waals surface area contributed by atoms with Crippen molar-refractivity contribution < 1.29 is 22.5 Å². The molecule has 6 heteroatoms. The third-order valence-electron chi connectivity index (χ3n) is 4.95. The quantitative estimate of drug-likeness (QED) is 0.666. The molecule has 2 nitrogen and oxygen atoms in total. The molecule has 2 aromatic rings. The number of benzene rings is 2. The molecule has 1 aliphatic heterocycles. The van der Waals surface area contributed by atoms with Crippen LogP contribution in [0.1, 0.15) is 33.3 Å². The van der Waals surface area contributed by atoms with Crippen LogP contribution in [0.5, 0.6) is 0 Å². The van der Waals surface area contributed by atoms with Gasteiger partial charge in [-0.05, 0) is 63.1 Å². The number of hydrogen-bond donors (Lipinski definition) is 0. The van der Waals surface area contributed by atoms with Gasteiger partial charge in [0.1, 0.15) is 17.4 Å². The molecule has 1 fully saturated rings. The van der Waals surface area contributed by atoms with Crippen LogP contribution in [0.2, 0.25) is 0 Å². The summed E-state index contributed by atoms with van der Waals surface area (Å²) in [6, 6.07) is 10.1. The first-order valence-electron chi connectivity index (χ1n) is 8.37. The van der Waals surface area contributed by atoms with Gasteiger partial charge in [-0.3, -0.25) is 0 Å². The molecule has 1 saturated heterocycles. The van der Waals surface area contributed by atoms with Crippen molar-refractivity contribution >= 4 is 13.2 Å². The highest BCUT2D eigenvalue weighted by atomic mass is 19.1. The molecule has 2 aromatic carbocycles. The van der Waals surface area contributed by atoms with E-state index in [4.69, 9.17) is 9.31 Å². The Labute approximate surface area is 151 Å². The monoisotopic (exact) mass is 360 g/mol. The molecule has 0 atom stereocenters. The Hall–Kier alpha value is -2.05. The summed E-state index contributed by atoms with van der Waals surface area (Å²) in [5, 5.41) is 0. The van der Waals surface area contributed by atoms with Crippen molar-refractivity contribution in [3.63, 3.8) is 0 Å². The maximum Gasteiger partial charge on any atom is 0.525 e. The lowest BCUT2D eigenvalue weighted by Gasteiger charge is -2.32. The van der Waals surface area contributed by atoms with E-state index < -0.39 is 29.9 Å². The Bertz CT molecular complexity index is 829. The van der Waals surface area contributed by atoms with Crippen LogP contribution in [0.4, 0.5) is 13.2 Å². The van der Waals surface area contributed by atoms with Crippen molar-refractivity contribution in [2.75, 3.05) is 0 Å². The molecule has 0 aliphatic carbocycles. The second-order valence-electron chi connectivity index (χ2n) is 7.36. The van der Waals surface area contributed by atoms with Crippen LogP contribution in [-0.2, 0) is 9.31 Å². The average molecular weight is 360 g/mol. The zero-order valence-electron chi connectivity index (χ0n) is 15.1. The van der Waals surface area contributed by atoms with E-state index in [1.807, 2.05) is 27.7 Å². The van der Waals surface area contributed by atoms with Crippen LogP contribution in [-0.4, -0.2) is 18.3 Å². The number of rotatable bonds is 3. The Balaban J connectivity index is 1.84. The maximum atomic E-state index is 14.5. The summed E-state index contributed by atoms with van der Waals surface area (Å²) in [5.74, 6) is -0.947. The Morgan fingerprint density at radius 1 is 0.885 bits per heavy atom. The van der Waals surface area contributed by atoms with Crippen LogP contribution in [0.3, 0.4) is 0 Å². The third kappa shape index (κ3) is 3.57. The highest BCUT2D eigenvalue weighted by Crippen LogP contribution is 2.39. The topological polar surface area (TPSA) is 18.5 Å². The Morgan fingerprint density at radius 2 is 1.42 bits per heavy atom. The van der Waals surface area contributed by atoms with E-state index in [2.05, 4.69) is 0 Å². The molecule has 3 rings (SSSR count). The summed E-state index contributed by atoms with van der Waals surface area (Å²) >= 11 is 0. The summed E-state index contributed by atoms with van der Waals surface area (Å²) in [6.45, 7) is 7.27. The molecule has 0 aromatic heterocycles. The van der Waals surface area contributed by atoms with Gasteiger partial charge in [-0.25, -0.2) is 13.2 Å². The minimum atomic E-state index is -1.17. The van der Waals surface area contributed by atoms with E-state index in [-0.39, 0.29) is 11.4 Å². The number of halogens is 3. The molecule has 1 heterocycles. The van der Waals surface area contributed by atoms with Crippen LogP contribution >= 0.6 is 0 Å². The van der Waals surface area contributed by atoms with Crippen molar-refractivity contribution in [3.8, 4) is 11.1 Å². The highest BCUT2D eigenvalue weighted by molar-refractivity contribution is 6.54. The molecule has 0 saturated carbocycles. The van der Waals surface area contributed by atoms with Crippen LogP contribution in [0.15, 0.2) is 48.2 Å². The molecule has 0 radical (unpaired) electrons. The predicted molar refractivity (Wildman–Crippen MR) is 97.0 cm³/mol. The fraction of sp³-hybridized carbons (Fsp3) is 0.300. The van der Waals surface area contributed by atoms with Crippen molar-refractivity contribution in [1.82, 2.24) is 0 Å². The SMILES string of the molecule is CC1(C)OB(C(F)=Cc2ccc(-c3ccc(F)cc3)cc2F)OC1(C)C. The molecule has 0 N–H and O–H groups in total. The molecular formula is C20H20BF3O2. The smallest absolute Gasteiger partial charge is 0.398 e. The minimum absolute atomic E-state index is 0.0862. The first-order chi connectivity index (χ1) is 12.1. The fourth-order valence-corrected chi connectivity index (χ4v) is 2.64. The first-order valence-corrected chi connectivity index (χ1v) is 8.37. The van der Waals surface area contributed by atoms with Crippen molar-refractivity contribution in [1.29, 1.82) is 0 Å². The second-order valence-corrected chi connectivity index (χ2v) is 7.36. The molecule has 26 heavy (non-hydrogen) atoms. The Kier molecular flexibility index (Phi) is 4.75. The highest BCUT2D eigenvalue weighted by Gasteiger charge is 2.53. The molecule has 0 bridgehead atoms. The van der Waals surface area contributed by atoms with Gasteiger partial charge in [0.25, 0.3) is 0 Å². The van der Waals surface area contributed by atoms with Gasteiger partial charge in [0.05, 0.1) is 11.2 Å². The van der Waals surface area contributed by atoms with Gasteiger partial charge in [-0.1, -0.05) is 24.3 Å². The Morgan fingerprint density at radius 3 is 1.96 bits per heavy atom. The average Bonchev–Trinajstić information content (AvgIpc) is 2.78. The van der Waals surface area contributed by atoms with Crippen molar-refractivity contribution in [2.45, 2.75) is 38.9 Å². The zero-order chi connectivity index (χ0) is 19.1. The maximum absolute atomic E-state index is 14.5. The molecular weight excluding hydrogens is 340 g/mol. The van der Waals surface area contributed by atoms with E-state index in [0.717, 1.165) is 6.08 Å². The zero-order valence-corrected chi connectivity index (χ0v) is 15.1. The van der Waals surface area contributed by atoms with Crippen LogP contribution in [0.25, 0.3) is 17.2 Å². The van der Waals surface area contributed by atoms with Crippen molar-refractivity contribution in [3.05, 3.63) is 65.4 Å². The van der Waals surface area contributed by atoms with Gasteiger partial charge in [0.2, 0.25) is 0 Å². The number of hydrogen-bond acceptors (Lipinski definition) is 2. The normalized spacial score (nSPS) is 19.0. The van der Waals surface area contributed by atoms with Crippen LogP contribution in [0, 0.1) is 11.6 Å². The minimum Gasteiger partial charge on any atom is -0.398 e. The molecule has 1 aliphatic rings. The largest absolute Gasteiger partial charge is 0.525 e. The van der Waals surface area contributed by atoms with Crippen molar-refractivity contribution in [2.24, 2.45) is 0 Å². The molecule has 0 unspecified atom stereocenters. The third-order valence-corrected chi connectivity index (χ3v) is 4.95. The summed E-state index contributed by atoms with van der Waals surface area (Å²) in [5.41, 5.74) is -0.704. The van der Waals surface area contributed by atoms with Gasteiger partial charge < -0.3 is 9.31 Å². The van der Waals surface area contributed by atoms with E-state index >= 15 is 0 Å². The van der Waals surface area contributed by atoms with E-state index in [1.165, 1.54) is 24.3 Å². The van der Waals surface area contributed by atoms with E-state index in [1.54, 1.807) is 18.2 Å². The summed E-state index contributed by atoms with van der Waals surface area (Å²) < 4.78 is 53.2. The lowest BCUT2D eigenvalue weighted by Crippen LogP contribution is -2.41. The molecule has 136 valence electrons. The standard InChI is InChI=1S/C20H20BF3O2/c1-19(2)20(3,4)26-21(25-19)18(24)12-15-6-5-14(11-17(15)23)13-7-9-16(22)10-8-13/h5-12H,1-4H3. The van der Waals surface area contributed by atoms with Gasteiger partial charge in [0, 0.05) is 5.56 Å². The van der Waals surface area contributed by atoms with Gasteiger partial charge in [-0.2, -0.15) is 0 Å². The van der Waals surface area contributed by atoms with Gasteiger partial charge >= 0.3 is 7.12 Å². The van der Waals surface area contributed by atoms with Gasteiger partial charge in [0.15, 0.2) is 0 Å². The summed E-state index contributed by atoms with van der Waals surface area (Å²) in [7, 11) is -1.17. The van der Waals surface area contributed by atoms with E-state index in [9.17, 15) is 13.2 Å².